The van der Waals surface area contributed by atoms with Crippen LogP contribution in [-0.2, 0) is 0 Å². The molecule has 0 saturated heterocycles. The van der Waals surface area contributed by atoms with Gasteiger partial charge >= 0.3 is 0 Å². The fourth-order valence-corrected chi connectivity index (χ4v) is 1.38. The molecule has 0 aromatic heterocycles. The maximum Gasteiger partial charge on any atom is 0.191 e. The Kier molecular flexibility index (Phi) is 0.964. The monoisotopic (exact) mass is 137 g/mol. The number of hydrogen-bond acceptors (Lipinski definition) is 3. The highest BCUT2D eigenvalue weighted by Crippen LogP contribution is 2.50. The second kappa shape index (κ2) is 1.70. The molecule has 2 aliphatic rings. The Bertz CT molecular complexity index is 212. The van der Waals surface area contributed by atoms with Crippen molar-refractivity contribution in [3.05, 3.63) is 10.4 Å². The minimum atomic E-state index is 0.00957. The fourth-order valence-electron chi connectivity index (χ4n) is 1.38. The molecule has 0 aromatic rings. The molecule has 0 bridgehead atoms. The minimum absolute atomic E-state index is 0.00957. The molecule has 0 amide bonds. The third-order valence-corrected chi connectivity index (χ3v) is 2.02. The number of rotatable bonds is 2. The molecule has 0 radical (unpaired) electrons. The summed E-state index contributed by atoms with van der Waals surface area (Å²) in [6.07, 6.45) is 1.98. The van der Waals surface area contributed by atoms with E-state index in [-0.39, 0.29) is 5.66 Å². The first-order valence-electron chi connectivity index (χ1n) is 3.30. The molecule has 2 rings (SSSR count). The average molecular weight is 137 g/mol. The van der Waals surface area contributed by atoms with Gasteiger partial charge in [-0.25, -0.2) is 0 Å². The van der Waals surface area contributed by atoms with Crippen LogP contribution in [0, 0.1) is 5.92 Å². The van der Waals surface area contributed by atoms with Gasteiger partial charge in [0.1, 0.15) is 0 Å². The van der Waals surface area contributed by atoms with Gasteiger partial charge in [-0.1, -0.05) is 5.11 Å². The Labute approximate surface area is 57.8 Å². The van der Waals surface area contributed by atoms with Crippen LogP contribution in [0.25, 0.3) is 10.4 Å². The fraction of sp³-hybridized carbons (Fsp3) is 1.00. The van der Waals surface area contributed by atoms with Crippen molar-refractivity contribution in [1.29, 1.82) is 0 Å². The van der Waals surface area contributed by atoms with Crippen molar-refractivity contribution in [1.82, 2.24) is 0 Å². The summed E-state index contributed by atoms with van der Waals surface area (Å²) in [5.74, 6) is 0.533. The molecule has 0 atom stereocenters. The van der Waals surface area contributed by atoms with Crippen LogP contribution in [0.15, 0.2) is 15.3 Å². The van der Waals surface area contributed by atoms with E-state index in [4.69, 9.17) is 5.53 Å². The van der Waals surface area contributed by atoms with Crippen molar-refractivity contribution < 1.29 is 0 Å². The van der Waals surface area contributed by atoms with Crippen molar-refractivity contribution in [3.63, 3.8) is 0 Å². The van der Waals surface area contributed by atoms with Gasteiger partial charge in [-0.2, -0.15) is 10.2 Å². The topological polar surface area (TPSA) is 73.5 Å². The Morgan fingerprint density at radius 1 is 1.60 bits per heavy atom. The van der Waals surface area contributed by atoms with Gasteiger partial charge in [-0.3, -0.25) is 0 Å². The average Bonchev–Trinajstić information content (AvgIpc) is 2.59. The molecule has 1 aliphatic carbocycles. The summed E-state index contributed by atoms with van der Waals surface area (Å²) in [5.41, 5.74) is 8.00. The first-order chi connectivity index (χ1) is 4.85. The molecule has 1 saturated carbocycles. The zero-order chi connectivity index (χ0) is 7.03. The molecule has 1 fully saturated rings. The molecule has 0 aromatic carbocycles. The van der Waals surface area contributed by atoms with Crippen molar-refractivity contribution >= 4 is 0 Å². The number of hydrogen-bond donors (Lipinski definition) is 0. The van der Waals surface area contributed by atoms with Gasteiger partial charge in [0.15, 0.2) is 5.66 Å². The summed E-state index contributed by atoms with van der Waals surface area (Å²) in [7, 11) is 0. The molecule has 5 heteroatoms. The lowest BCUT2D eigenvalue weighted by Gasteiger charge is -2.29. The molecule has 0 unspecified atom stereocenters. The molecule has 10 heavy (non-hydrogen) atoms. The smallest absolute Gasteiger partial charge is 0.159 e. The van der Waals surface area contributed by atoms with E-state index in [0.717, 1.165) is 12.8 Å². The SMILES string of the molecule is [N-]=[N+]=NCC1CC2(C1)N=N2. The van der Waals surface area contributed by atoms with E-state index in [1.165, 1.54) is 0 Å². The van der Waals surface area contributed by atoms with Crippen LogP contribution in [0.4, 0.5) is 0 Å². The van der Waals surface area contributed by atoms with E-state index < -0.39 is 0 Å². The van der Waals surface area contributed by atoms with Crippen LogP contribution in [0.5, 0.6) is 0 Å². The van der Waals surface area contributed by atoms with Crippen LogP contribution in [-0.4, -0.2) is 12.2 Å². The zero-order valence-electron chi connectivity index (χ0n) is 5.43. The van der Waals surface area contributed by atoms with E-state index in [0.29, 0.717) is 12.5 Å². The van der Waals surface area contributed by atoms with E-state index in [1.807, 2.05) is 0 Å². The van der Waals surface area contributed by atoms with Gasteiger partial charge in [-0.05, 0) is 24.3 Å². The van der Waals surface area contributed by atoms with E-state index in [9.17, 15) is 0 Å². The largest absolute Gasteiger partial charge is 0.191 e. The third kappa shape index (κ3) is 0.752. The maximum absolute atomic E-state index is 7.99. The lowest BCUT2D eigenvalue weighted by molar-refractivity contribution is 0.232. The molecule has 1 heterocycles. The summed E-state index contributed by atoms with van der Waals surface area (Å²) >= 11 is 0. The first kappa shape index (κ1) is 5.68. The minimum Gasteiger partial charge on any atom is -0.159 e. The molecule has 0 N–H and O–H groups in total. The molecule has 52 valence electrons. The summed E-state index contributed by atoms with van der Waals surface area (Å²) < 4.78 is 0. The number of nitrogens with zero attached hydrogens (tertiary/aromatic N) is 5. The maximum atomic E-state index is 7.99. The first-order valence-corrected chi connectivity index (χ1v) is 3.30. The van der Waals surface area contributed by atoms with E-state index in [1.54, 1.807) is 0 Å². The Hall–Kier alpha value is -1.09. The molecule has 1 spiro atoms. The highest BCUT2D eigenvalue weighted by molar-refractivity contribution is 5.05. The van der Waals surface area contributed by atoms with Crippen LogP contribution in [0.2, 0.25) is 0 Å². The van der Waals surface area contributed by atoms with Gasteiger partial charge in [-0.15, -0.1) is 0 Å². The molecule has 1 aliphatic heterocycles. The van der Waals surface area contributed by atoms with E-state index in [2.05, 4.69) is 20.3 Å². The molecular weight excluding hydrogens is 130 g/mol. The standard InChI is InChI=1S/C5H7N5/c6-10-7-3-4-1-5(2-4)8-9-5/h4H,1-3H2. The van der Waals surface area contributed by atoms with Crippen LogP contribution < -0.4 is 0 Å². The van der Waals surface area contributed by atoms with Crippen LogP contribution in [0.1, 0.15) is 12.8 Å². The van der Waals surface area contributed by atoms with Crippen molar-refractivity contribution in [2.45, 2.75) is 18.5 Å². The normalized spacial score (nSPS) is 25.6. The van der Waals surface area contributed by atoms with E-state index >= 15 is 0 Å². The van der Waals surface area contributed by atoms with Gasteiger partial charge < -0.3 is 0 Å². The quantitative estimate of drug-likeness (QED) is 0.316. The van der Waals surface area contributed by atoms with Gasteiger partial charge in [0, 0.05) is 11.5 Å². The predicted molar refractivity (Wildman–Crippen MR) is 34.3 cm³/mol. The molecule has 5 nitrogen and oxygen atoms in total. The second-order valence-electron chi connectivity index (χ2n) is 2.87. The lowest BCUT2D eigenvalue weighted by Crippen LogP contribution is -2.33. The van der Waals surface area contributed by atoms with Gasteiger partial charge in [0.25, 0.3) is 0 Å². The number of azide groups is 1. The Balaban J connectivity index is 1.75. The van der Waals surface area contributed by atoms with Crippen LogP contribution in [0.3, 0.4) is 0 Å². The van der Waals surface area contributed by atoms with Gasteiger partial charge in [0.2, 0.25) is 0 Å². The highest BCUT2D eigenvalue weighted by atomic mass is 15.5. The molecular formula is C5H7N5. The lowest BCUT2D eigenvalue weighted by atomic mass is 9.77. The van der Waals surface area contributed by atoms with Crippen LogP contribution >= 0.6 is 0 Å². The zero-order valence-corrected chi connectivity index (χ0v) is 5.43. The second-order valence-corrected chi connectivity index (χ2v) is 2.87. The summed E-state index contributed by atoms with van der Waals surface area (Å²) in [6.45, 7) is 0.614. The van der Waals surface area contributed by atoms with Crippen molar-refractivity contribution in [3.8, 4) is 0 Å². The predicted octanol–water partition coefficient (Wildman–Crippen LogP) is 1.87. The third-order valence-electron chi connectivity index (χ3n) is 2.02. The van der Waals surface area contributed by atoms with Gasteiger partial charge in [0.05, 0.1) is 0 Å². The summed E-state index contributed by atoms with van der Waals surface area (Å²) in [5, 5.41) is 11.3. The Morgan fingerprint density at radius 2 is 2.30 bits per heavy atom. The van der Waals surface area contributed by atoms with Crippen molar-refractivity contribution in [2.24, 2.45) is 21.3 Å². The summed E-state index contributed by atoms with van der Waals surface area (Å²) in [6, 6.07) is 0. The Morgan fingerprint density at radius 3 is 2.80 bits per heavy atom. The highest BCUT2D eigenvalue weighted by Gasteiger charge is 2.51. The van der Waals surface area contributed by atoms with Crippen molar-refractivity contribution in [2.75, 3.05) is 6.54 Å². The summed E-state index contributed by atoms with van der Waals surface area (Å²) in [4.78, 5) is 2.69.